The molecule has 3 aromatic heterocycles. The van der Waals surface area contributed by atoms with Crippen LogP contribution in [0.15, 0.2) is 77.8 Å². The van der Waals surface area contributed by atoms with E-state index in [0.29, 0.717) is 44.1 Å². The highest BCUT2D eigenvalue weighted by Gasteiger charge is 2.45. The zero-order valence-electron chi connectivity index (χ0n) is 32.0. The van der Waals surface area contributed by atoms with Gasteiger partial charge >= 0.3 is 0 Å². The second-order valence-corrected chi connectivity index (χ2v) is 14.6. The van der Waals surface area contributed by atoms with Gasteiger partial charge in [-0.15, -0.1) is 10.2 Å². The molecule has 58 heavy (non-hydrogen) atoms. The summed E-state index contributed by atoms with van der Waals surface area (Å²) < 4.78 is 7.26. The summed E-state index contributed by atoms with van der Waals surface area (Å²) in [5.74, 6) is -0.767. The van der Waals surface area contributed by atoms with Crippen LogP contribution in [0.3, 0.4) is 0 Å². The molecular formula is C41H45N11O6. The molecule has 8 rings (SSSR count). The fourth-order valence-electron chi connectivity index (χ4n) is 7.73. The van der Waals surface area contributed by atoms with Crippen LogP contribution in [-0.2, 0) is 20.9 Å². The smallest absolute Gasteiger partial charge is 0.264 e. The minimum Gasteiger partial charge on any atom is -0.467 e. The number of furan rings is 1. The molecule has 6 heterocycles. The fourth-order valence-corrected chi connectivity index (χ4v) is 7.73. The number of benzene rings is 2. The Kier molecular flexibility index (Phi) is 11.4. The largest absolute Gasteiger partial charge is 0.467 e. The third-order valence-corrected chi connectivity index (χ3v) is 10.8. The van der Waals surface area contributed by atoms with E-state index in [-0.39, 0.29) is 29.9 Å². The standard InChI is InChI=1S/C41H45N11O6/c53-34(9-4-17-42-32-8-3-7-30-36(32)40(57)52(39(30)56)33-14-15-35(54)47-38(33)55)43-16-1-2-18-49-19-21-50(22-20-49)28-12-10-27(11-13-28)31-25-45-41(51-26-46-48-37(31)51)44-24-29-6-5-23-58-29/h3,5-8,10-13,23,25-26,33,42H,1-2,4,9,14-22,24H2,(H,43,53)(H,44,45)(H,47,54,55). The first-order chi connectivity index (χ1) is 28.3. The maximum absolute atomic E-state index is 13.3. The first-order valence-corrected chi connectivity index (χ1v) is 19.7. The van der Waals surface area contributed by atoms with Crippen LogP contribution < -0.4 is 26.2 Å². The Morgan fingerprint density at radius 1 is 0.879 bits per heavy atom. The summed E-state index contributed by atoms with van der Waals surface area (Å²) in [6, 6.07) is 16.2. The van der Waals surface area contributed by atoms with Crippen LogP contribution in [0.4, 0.5) is 17.3 Å². The summed E-state index contributed by atoms with van der Waals surface area (Å²) >= 11 is 0. The summed E-state index contributed by atoms with van der Waals surface area (Å²) in [5, 5.41) is 20.2. The van der Waals surface area contributed by atoms with E-state index >= 15 is 0 Å². The van der Waals surface area contributed by atoms with Crippen molar-refractivity contribution < 1.29 is 28.4 Å². The monoisotopic (exact) mass is 787 g/mol. The van der Waals surface area contributed by atoms with Crippen molar-refractivity contribution in [1.82, 2.24) is 40.0 Å². The highest BCUT2D eigenvalue weighted by molar-refractivity contribution is 6.25. The lowest BCUT2D eigenvalue weighted by Gasteiger charge is -2.36. The van der Waals surface area contributed by atoms with Gasteiger partial charge in [0.1, 0.15) is 18.1 Å². The Balaban J connectivity index is 0.716. The van der Waals surface area contributed by atoms with E-state index in [1.807, 2.05) is 22.7 Å². The van der Waals surface area contributed by atoms with Crippen molar-refractivity contribution >= 4 is 52.5 Å². The minimum atomic E-state index is -1.02. The van der Waals surface area contributed by atoms with Gasteiger partial charge in [-0.05, 0) is 74.2 Å². The van der Waals surface area contributed by atoms with Crippen LogP contribution in [0.1, 0.15) is 65.0 Å². The van der Waals surface area contributed by atoms with E-state index in [9.17, 15) is 24.0 Å². The van der Waals surface area contributed by atoms with Gasteiger partial charge in [0.2, 0.25) is 23.7 Å². The third-order valence-electron chi connectivity index (χ3n) is 10.8. The van der Waals surface area contributed by atoms with E-state index in [0.717, 1.165) is 73.0 Å². The predicted octanol–water partition coefficient (Wildman–Crippen LogP) is 3.31. The van der Waals surface area contributed by atoms with Crippen LogP contribution in [-0.4, -0.2) is 111 Å². The van der Waals surface area contributed by atoms with Crippen molar-refractivity contribution in [3.05, 3.63) is 90.3 Å². The van der Waals surface area contributed by atoms with Crippen molar-refractivity contribution in [2.45, 2.75) is 51.1 Å². The average Bonchev–Trinajstić information content (AvgIpc) is 4.00. The molecule has 3 aliphatic rings. The molecule has 3 aliphatic heterocycles. The summed E-state index contributed by atoms with van der Waals surface area (Å²) in [6.45, 7) is 6.32. The minimum absolute atomic E-state index is 0.0349. The lowest BCUT2D eigenvalue weighted by Crippen LogP contribution is -2.54. The van der Waals surface area contributed by atoms with Crippen LogP contribution in [0, 0.1) is 0 Å². The van der Waals surface area contributed by atoms with Crippen molar-refractivity contribution in [2.24, 2.45) is 0 Å². The number of hydrogen-bond donors (Lipinski definition) is 4. The number of hydrogen-bond acceptors (Lipinski definition) is 13. The molecule has 2 fully saturated rings. The first-order valence-electron chi connectivity index (χ1n) is 19.7. The molecule has 5 amide bonds. The predicted molar refractivity (Wildman–Crippen MR) is 214 cm³/mol. The lowest BCUT2D eigenvalue weighted by molar-refractivity contribution is -0.136. The second kappa shape index (κ2) is 17.3. The van der Waals surface area contributed by atoms with Crippen LogP contribution in [0.5, 0.6) is 0 Å². The normalized spacial score (nSPS) is 17.1. The van der Waals surface area contributed by atoms with E-state index < -0.39 is 29.7 Å². The van der Waals surface area contributed by atoms with Crippen molar-refractivity contribution in [3.63, 3.8) is 0 Å². The quantitative estimate of drug-likeness (QED) is 0.0840. The topological polar surface area (TPSA) is 199 Å². The molecule has 1 unspecified atom stereocenters. The zero-order chi connectivity index (χ0) is 40.0. The molecule has 17 heteroatoms. The zero-order valence-corrected chi connectivity index (χ0v) is 32.0. The molecule has 0 radical (unpaired) electrons. The summed E-state index contributed by atoms with van der Waals surface area (Å²) in [7, 11) is 0. The van der Waals surface area contributed by atoms with Gasteiger partial charge in [0.15, 0.2) is 5.65 Å². The highest BCUT2D eigenvalue weighted by atomic mass is 16.3. The van der Waals surface area contributed by atoms with Crippen molar-refractivity contribution in [1.29, 1.82) is 0 Å². The number of imide groups is 2. The molecule has 17 nitrogen and oxygen atoms in total. The van der Waals surface area contributed by atoms with Crippen molar-refractivity contribution in [3.8, 4) is 11.1 Å². The van der Waals surface area contributed by atoms with Gasteiger partial charge in [0.25, 0.3) is 11.8 Å². The number of piperidine rings is 1. The van der Waals surface area contributed by atoms with Gasteiger partial charge in [-0.3, -0.25) is 43.5 Å². The Hall–Kier alpha value is -6.62. The number of nitrogens with one attached hydrogen (secondary N) is 4. The molecule has 5 aromatic rings. The Bertz CT molecular complexity index is 2300. The van der Waals surface area contributed by atoms with E-state index in [1.54, 1.807) is 30.8 Å². The molecule has 2 saturated heterocycles. The molecule has 4 N–H and O–H groups in total. The Labute approximate surface area is 334 Å². The number of fused-ring (bicyclic) bond motifs is 2. The van der Waals surface area contributed by atoms with Crippen LogP contribution >= 0.6 is 0 Å². The fraction of sp³-hybridized carbons (Fsp3) is 0.366. The highest BCUT2D eigenvalue weighted by Crippen LogP contribution is 2.33. The average molecular weight is 788 g/mol. The maximum atomic E-state index is 13.3. The SMILES string of the molecule is O=C(CCCNc1cccc2c1C(=O)N(C1CCC(=O)NC1=O)C2=O)NCCCCN1CCN(c2ccc(-c3cnc(NCc4ccco4)n4cnnc34)cc2)CC1. The number of carbonyl (C=O) groups is 5. The van der Waals surface area contributed by atoms with Gasteiger partial charge in [0.05, 0.1) is 23.9 Å². The van der Waals surface area contributed by atoms with E-state index in [4.69, 9.17) is 4.42 Å². The maximum Gasteiger partial charge on any atom is 0.264 e. The molecule has 0 spiro atoms. The van der Waals surface area contributed by atoms with Gasteiger partial charge in [-0.1, -0.05) is 18.2 Å². The number of anilines is 3. The molecule has 1 atom stereocenters. The van der Waals surface area contributed by atoms with Gasteiger partial charge in [-0.25, -0.2) is 4.98 Å². The number of nitrogens with zero attached hydrogens (tertiary/aromatic N) is 7. The number of carbonyl (C=O) groups excluding carboxylic acids is 5. The number of amides is 5. The number of rotatable bonds is 16. The first kappa shape index (κ1) is 38.3. The number of piperazine rings is 1. The molecule has 0 saturated carbocycles. The molecule has 0 aliphatic carbocycles. The Morgan fingerprint density at radius 3 is 2.52 bits per heavy atom. The second-order valence-electron chi connectivity index (χ2n) is 14.6. The van der Waals surface area contributed by atoms with Gasteiger partial charge < -0.3 is 25.3 Å². The molecular weight excluding hydrogens is 743 g/mol. The van der Waals surface area contributed by atoms with Crippen molar-refractivity contribution in [2.75, 3.05) is 61.3 Å². The molecule has 0 bridgehead atoms. The van der Waals surface area contributed by atoms with Crippen LogP contribution in [0.2, 0.25) is 0 Å². The van der Waals surface area contributed by atoms with E-state index in [2.05, 4.69) is 70.5 Å². The number of unbranched alkanes of at least 4 members (excludes halogenated alkanes) is 1. The number of aromatic nitrogens is 4. The summed E-state index contributed by atoms with van der Waals surface area (Å²) in [6.07, 6.45) is 8.00. The van der Waals surface area contributed by atoms with Gasteiger partial charge in [0, 0.05) is 75.2 Å². The third kappa shape index (κ3) is 8.25. The molecule has 300 valence electrons. The molecule has 2 aromatic carbocycles. The summed E-state index contributed by atoms with van der Waals surface area (Å²) in [5.41, 5.74) is 4.72. The van der Waals surface area contributed by atoms with E-state index in [1.165, 1.54) is 5.69 Å². The summed E-state index contributed by atoms with van der Waals surface area (Å²) in [4.78, 5) is 73.3. The van der Waals surface area contributed by atoms with Gasteiger partial charge in [-0.2, -0.15) is 0 Å². The van der Waals surface area contributed by atoms with Crippen LogP contribution in [0.25, 0.3) is 16.8 Å². The Morgan fingerprint density at radius 2 is 1.72 bits per heavy atom. The lowest BCUT2D eigenvalue weighted by atomic mass is 10.0.